The number of aromatic nitrogens is 1. The summed E-state index contributed by atoms with van der Waals surface area (Å²) in [5, 5.41) is 3.16. The normalized spacial score (nSPS) is 11.1. The van der Waals surface area contributed by atoms with E-state index in [1.54, 1.807) is 24.4 Å². The number of benzene rings is 1. The zero-order valence-electron chi connectivity index (χ0n) is 12.0. The Labute approximate surface area is 124 Å². The van der Waals surface area contributed by atoms with Gasteiger partial charge in [0.1, 0.15) is 18.2 Å². The van der Waals surface area contributed by atoms with E-state index < -0.39 is 9.84 Å². The molecule has 112 valence electrons. The SMILES string of the molecule is CCNc1ncccc1COc1cccc(S(C)(=O)=O)c1. The van der Waals surface area contributed by atoms with Crippen molar-refractivity contribution in [2.75, 3.05) is 18.1 Å². The van der Waals surface area contributed by atoms with Crippen LogP contribution in [0.25, 0.3) is 0 Å². The molecule has 1 heterocycles. The molecule has 0 saturated carbocycles. The maximum atomic E-state index is 11.5. The summed E-state index contributed by atoms with van der Waals surface area (Å²) in [6.07, 6.45) is 2.89. The Balaban J connectivity index is 2.14. The maximum absolute atomic E-state index is 11.5. The smallest absolute Gasteiger partial charge is 0.175 e. The largest absolute Gasteiger partial charge is 0.489 e. The number of pyridine rings is 1. The summed E-state index contributed by atoms with van der Waals surface area (Å²) < 4.78 is 28.7. The summed E-state index contributed by atoms with van der Waals surface area (Å²) in [6, 6.07) is 10.2. The van der Waals surface area contributed by atoms with Gasteiger partial charge in [-0.25, -0.2) is 13.4 Å². The predicted octanol–water partition coefficient (Wildman–Crippen LogP) is 2.50. The molecule has 0 amide bonds. The first kappa shape index (κ1) is 15.3. The lowest BCUT2D eigenvalue weighted by Gasteiger charge is -2.11. The number of hydrogen-bond acceptors (Lipinski definition) is 5. The summed E-state index contributed by atoms with van der Waals surface area (Å²) in [5.41, 5.74) is 0.920. The molecule has 0 fully saturated rings. The molecule has 2 aromatic rings. The lowest BCUT2D eigenvalue weighted by molar-refractivity contribution is 0.305. The third kappa shape index (κ3) is 4.19. The molecule has 0 aliphatic rings. The number of nitrogens with one attached hydrogen (secondary N) is 1. The molecule has 6 heteroatoms. The second kappa shape index (κ2) is 6.58. The fraction of sp³-hybridized carbons (Fsp3) is 0.267. The van der Waals surface area contributed by atoms with Crippen molar-refractivity contribution >= 4 is 15.7 Å². The third-order valence-electron chi connectivity index (χ3n) is 2.86. The van der Waals surface area contributed by atoms with Gasteiger partial charge in [0.25, 0.3) is 0 Å². The van der Waals surface area contributed by atoms with Gasteiger partial charge >= 0.3 is 0 Å². The van der Waals surface area contributed by atoms with Crippen LogP contribution in [0, 0.1) is 0 Å². The van der Waals surface area contributed by atoms with Crippen LogP contribution in [0.5, 0.6) is 5.75 Å². The van der Waals surface area contributed by atoms with Crippen LogP contribution in [0.15, 0.2) is 47.5 Å². The van der Waals surface area contributed by atoms with E-state index in [1.807, 2.05) is 19.1 Å². The van der Waals surface area contributed by atoms with Gasteiger partial charge in [-0.2, -0.15) is 0 Å². The Hall–Kier alpha value is -2.08. The molecule has 1 N–H and O–H groups in total. The number of sulfone groups is 1. The molecule has 0 saturated heterocycles. The van der Waals surface area contributed by atoms with Crippen LogP contribution in [0.1, 0.15) is 12.5 Å². The molecule has 0 atom stereocenters. The van der Waals surface area contributed by atoms with Gasteiger partial charge in [-0.3, -0.25) is 0 Å². The van der Waals surface area contributed by atoms with Crippen LogP contribution in [-0.4, -0.2) is 26.2 Å². The molecular weight excluding hydrogens is 288 g/mol. The summed E-state index contributed by atoms with van der Waals surface area (Å²) in [4.78, 5) is 4.50. The van der Waals surface area contributed by atoms with Crippen molar-refractivity contribution in [3.63, 3.8) is 0 Å². The van der Waals surface area contributed by atoms with Gasteiger partial charge in [-0.1, -0.05) is 12.1 Å². The van der Waals surface area contributed by atoms with Gasteiger partial charge in [0.05, 0.1) is 4.90 Å². The average Bonchev–Trinajstić information content (AvgIpc) is 2.46. The molecule has 0 aliphatic heterocycles. The molecule has 0 spiro atoms. The van der Waals surface area contributed by atoms with Crippen molar-refractivity contribution < 1.29 is 13.2 Å². The Kier molecular flexibility index (Phi) is 4.80. The minimum absolute atomic E-state index is 0.248. The van der Waals surface area contributed by atoms with E-state index >= 15 is 0 Å². The fourth-order valence-electron chi connectivity index (χ4n) is 1.84. The van der Waals surface area contributed by atoms with Gasteiger partial charge in [0.15, 0.2) is 9.84 Å². The van der Waals surface area contributed by atoms with Crippen LogP contribution in [0.3, 0.4) is 0 Å². The number of hydrogen-bond donors (Lipinski definition) is 1. The lowest BCUT2D eigenvalue weighted by Crippen LogP contribution is -2.06. The molecule has 1 aromatic heterocycles. The Morgan fingerprint density at radius 1 is 1.24 bits per heavy atom. The van der Waals surface area contributed by atoms with Crippen molar-refractivity contribution in [2.45, 2.75) is 18.4 Å². The number of nitrogens with zero attached hydrogens (tertiary/aromatic N) is 1. The average molecular weight is 306 g/mol. The van der Waals surface area contributed by atoms with Crippen LogP contribution in [0.4, 0.5) is 5.82 Å². The molecule has 2 rings (SSSR count). The topological polar surface area (TPSA) is 68.3 Å². The predicted molar refractivity (Wildman–Crippen MR) is 82.3 cm³/mol. The number of ether oxygens (including phenoxy) is 1. The highest BCUT2D eigenvalue weighted by Gasteiger charge is 2.08. The van der Waals surface area contributed by atoms with Crippen LogP contribution < -0.4 is 10.1 Å². The van der Waals surface area contributed by atoms with E-state index in [0.717, 1.165) is 17.9 Å². The fourth-order valence-corrected chi connectivity index (χ4v) is 2.49. The molecule has 1 aromatic carbocycles. The molecule has 5 nitrogen and oxygen atoms in total. The third-order valence-corrected chi connectivity index (χ3v) is 3.97. The van der Waals surface area contributed by atoms with Crippen molar-refractivity contribution in [2.24, 2.45) is 0 Å². The molecule has 0 bridgehead atoms. The molecule has 0 aliphatic carbocycles. The van der Waals surface area contributed by atoms with Crippen molar-refractivity contribution in [1.29, 1.82) is 0 Å². The van der Waals surface area contributed by atoms with Crippen LogP contribution in [0.2, 0.25) is 0 Å². The lowest BCUT2D eigenvalue weighted by atomic mass is 10.2. The highest BCUT2D eigenvalue weighted by Crippen LogP contribution is 2.20. The van der Waals surface area contributed by atoms with Crippen molar-refractivity contribution in [3.05, 3.63) is 48.2 Å². The number of rotatable bonds is 6. The second-order valence-electron chi connectivity index (χ2n) is 4.58. The van der Waals surface area contributed by atoms with E-state index in [2.05, 4.69) is 10.3 Å². The molecular formula is C15H18N2O3S. The zero-order valence-corrected chi connectivity index (χ0v) is 12.9. The standard InChI is InChI=1S/C15H18N2O3S/c1-3-16-15-12(6-5-9-17-15)11-20-13-7-4-8-14(10-13)21(2,18)19/h4-10H,3,11H2,1-2H3,(H,16,17). The summed E-state index contributed by atoms with van der Waals surface area (Å²) in [6.45, 7) is 3.09. The van der Waals surface area contributed by atoms with E-state index in [-0.39, 0.29) is 4.90 Å². The first-order valence-electron chi connectivity index (χ1n) is 6.61. The second-order valence-corrected chi connectivity index (χ2v) is 6.59. The van der Waals surface area contributed by atoms with Gasteiger partial charge in [0.2, 0.25) is 0 Å². The Morgan fingerprint density at radius 2 is 2.05 bits per heavy atom. The van der Waals surface area contributed by atoms with E-state index in [9.17, 15) is 8.42 Å². The zero-order chi connectivity index (χ0) is 15.3. The highest BCUT2D eigenvalue weighted by molar-refractivity contribution is 7.90. The first-order chi connectivity index (χ1) is 10.0. The van der Waals surface area contributed by atoms with Gasteiger partial charge < -0.3 is 10.1 Å². The Morgan fingerprint density at radius 3 is 2.76 bits per heavy atom. The van der Waals surface area contributed by atoms with Gasteiger partial charge in [0, 0.05) is 24.6 Å². The monoisotopic (exact) mass is 306 g/mol. The quantitative estimate of drug-likeness (QED) is 0.888. The van der Waals surface area contributed by atoms with Crippen LogP contribution in [-0.2, 0) is 16.4 Å². The summed E-state index contributed by atoms with van der Waals surface area (Å²) in [7, 11) is -3.23. The first-order valence-corrected chi connectivity index (χ1v) is 8.50. The van der Waals surface area contributed by atoms with E-state index in [1.165, 1.54) is 12.3 Å². The minimum Gasteiger partial charge on any atom is -0.489 e. The van der Waals surface area contributed by atoms with E-state index in [0.29, 0.717) is 12.4 Å². The Bertz CT molecular complexity index is 714. The van der Waals surface area contributed by atoms with E-state index in [4.69, 9.17) is 4.74 Å². The van der Waals surface area contributed by atoms with Crippen molar-refractivity contribution in [3.8, 4) is 5.75 Å². The summed E-state index contributed by atoms with van der Waals surface area (Å²) >= 11 is 0. The molecule has 21 heavy (non-hydrogen) atoms. The highest BCUT2D eigenvalue weighted by atomic mass is 32.2. The number of anilines is 1. The van der Waals surface area contributed by atoms with Gasteiger partial charge in [-0.15, -0.1) is 0 Å². The molecule has 0 radical (unpaired) electrons. The van der Waals surface area contributed by atoms with Crippen molar-refractivity contribution in [1.82, 2.24) is 4.98 Å². The van der Waals surface area contributed by atoms with Gasteiger partial charge in [-0.05, 0) is 31.2 Å². The van der Waals surface area contributed by atoms with Crippen LogP contribution >= 0.6 is 0 Å². The minimum atomic E-state index is -3.23. The summed E-state index contributed by atoms with van der Waals surface area (Å²) in [5.74, 6) is 1.29. The molecule has 0 unspecified atom stereocenters. The maximum Gasteiger partial charge on any atom is 0.175 e.